The summed E-state index contributed by atoms with van der Waals surface area (Å²) in [5.41, 5.74) is -4.14. The maximum absolute atomic E-state index is 13.2. The zero-order valence-corrected chi connectivity index (χ0v) is 16.5. The molecule has 0 spiro atoms. The monoisotopic (exact) mass is 482 g/mol. The van der Waals surface area contributed by atoms with Gasteiger partial charge in [0.05, 0.1) is 38.0 Å². The summed E-state index contributed by atoms with van der Waals surface area (Å²) >= 11 is 11.0. The third-order valence-corrected chi connectivity index (χ3v) is 5.81. The summed E-state index contributed by atoms with van der Waals surface area (Å²) in [7, 11) is -3.89. The highest BCUT2D eigenvalue weighted by Crippen LogP contribution is 2.44. The Hall–Kier alpha value is -1.76. The Morgan fingerprint density at radius 3 is 1.93 bits per heavy atom. The van der Waals surface area contributed by atoms with Crippen LogP contribution in [0.1, 0.15) is 11.1 Å². The van der Waals surface area contributed by atoms with Crippen LogP contribution in [0.2, 0.25) is 10.0 Å². The van der Waals surface area contributed by atoms with Crippen LogP contribution in [0.5, 0.6) is 0 Å². The largest absolute Gasteiger partial charge is 0.417 e. The van der Waals surface area contributed by atoms with Crippen molar-refractivity contribution in [2.75, 3.05) is 18.1 Å². The quantitative estimate of drug-likeness (QED) is 0.432. The third kappa shape index (κ3) is 5.05. The molecule has 0 aliphatic rings. The number of pyridine rings is 1. The van der Waals surface area contributed by atoms with Gasteiger partial charge in [0.15, 0.2) is 0 Å². The second-order valence-electron chi connectivity index (χ2n) is 5.46. The van der Waals surface area contributed by atoms with Gasteiger partial charge in [0.2, 0.25) is 0 Å². The van der Waals surface area contributed by atoms with Crippen molar-refractivity contribution in [3.63, 3.8) is 0 Å². The minimum absolute atomic E-state index is 0.0214. The molecule has 0 aliphatic heterocycles. The number of sulfonamides is 1. The van der Waals surface area contributed by atoms with Crippen LogP contribution >= 0.6 is 23.2 Å². The molecule has 14 heteroatoms. The topological polar surface area (TPSA) is 59.5 Å². The number of methoxy groups -OCH3 is 1. The molecule has 29 heavy (non-hydrogen) atoms. The van der Waals surface area contributed by atoms with Crippen molar-refractivity contribution in [3.8, 4) is 0 Å². The van der Waals surface area contributed by atoms with E-state index in [1.807, 2.05) is 0 Å². The molecule has 1 heterocycles. The summed E-state index contributed by atoms with van der Waals surface area (Å²) in [5.74, 6) is 0. The minimum Gasteiger partial charge on any atom is -0.363 e. The van der Waals surface area contributed by atoms with Gasteiger partial charge in [-0.25, -0.2) is 12.7 Å². The second-order valence-corrected chi connectivity index (χ2v) is 8.14. The van der Waals surface area contributed by atoms with Crippen LogP contribution in [0.15, 0.2) is 35.5 Å². The van der Waals surface area contributed by atoms with E-state index >= 15 is 0 Å². The van der Waals surface area contributed by atoms with Crippen LogP contribution in [-0.4, -0.2) is 27.2 Å². The number of benzene rings is 1. The molecule has 0 unspecified atom stereocenters. The second kappa shape index (κ2) is 8.17. The van der Waals surface area contributed by atoms with Gasteiger partial charge in [-0.2, -0.15) is 26.3 Å². The van der Waals surface area contributed by atoms with Gasteiger partial charge >= 0.3 is 12.4 Å². The molecule has 1 aromatic heterocycles. The Morgan fingerprint density at radius 2 is 1.52 bits per heavy atom. The first kappa shape index (κ1) is 23.5. The van der Waals surface area contributed by atoms with Gasteiger partial charge < -0.3 is 4.74 Å². The van der Waals surface area contributed by atoms with E-state index < -0.39 is 50.2 Å². The van der Waals surface area contributed by atoms with E-state index in [4.69, 9.17) is 27.9 Å². The summed E-state index contributed by atoms with van der Waals surface area (Å²) in [5, 5.41) is -1.69. The molecule has 2 rings (SSSR count). The molecule has 0 saturated heterocycles. The average Bonchev–Trinajstić information content (AvgIpc) is 2.57. The van der Waals surface area contributed by atoms with Crippen LogP contribution in [0.3, 0.4) is 0 Å². The molecule has 5 nitrogen and oxygen atoms in total. The van der Waals surface area contributed by atoms with Crippen molar-refractivity contribution in [1.82, 2.24) is 4.98 Å². The normalized spacial score (nSPS) is 12.9. The molecule has 0 bridgehead atoms. The van der Waals surface area contributed by atoms with E-state index in [1.54, 1.807) is 0 Å². The molecule has 0 radical (unpaired) electrons. The van der Waals surface area contributed by atoms with E-state index in [-0.39, 0.29) is 22.8 Å². The zero-order chi connectivity index (χ0) is 22.2. The van der Waals surface area contributed by atoms with Crippen molar-refractivity contribution in [3.05, 3.63) is 51.8 Å². The summed E-state index contributed by atoms with van der Waals surface area (Å²) < 4.78 is 110. The highest BCUT2D eigenvalue weighted by Gasteiger charge is 2.43. The predicted molar refractivity (Wildman–Crippen MR) is 92.2 cm³/mol. The maximum Gasteiger partial charge on any atom is 0.417 e. The molecule has 0 amide bonds. The summed E-state index contributed by atoms with van der Waals surface area (Å²) in [4.78, 5) is 2.35. The van der Waals surface area contributed by atoms with Crippen LogP contribution in [0.25, 0.3) is 0 Å². The van der Waals surface area contributed by atoms with Crippen LogP contribution in [0.4, 0.5) is 32.0 Å². The Bertz CT molecular complexity index is 977. The Kier molecular flexibility index (Phi) is 6.62. The Balaban J connectivity index is 2.78. The summed E-state index contributed by atoms with van der Waals surface area (Å²) in [6.45, 7) is -0.740. The van der Waals surface area contributed by atoms with E-state index in [1.165, 1.54) is 0 Å². The molecule has 0 N–H and O–H groups in total. The lowest BCUT2D eigenvalue weighted by Crippen LogP contribution is -2.33. The number of hydrogen-bond acceptors (Lipinski definition) is 4. The third-order valence-electron chi connectivity index (χ3n) is 3.47. The number of hydrogen-bond donors (Lipinski definition) is 0. The van der Waals surface area contributed by atoms with Gasteiger partial charge in [0.1, 0.15) is 6.73 Å². The first-order valence-corrected chi connectivity index (χ1v) is 9.49. The standard InChI is InChI=1S/C15H10Cl2F6N2O3S/c1-28-7-25(9-2-8(16)5-24-6-9)29(26,27)10-3-11(14(18,19)20)13(17)12(4-10)15(21,22)23/h2-6H,7H2,1H3. The average molecular weight is 483 g/mol. The SMILES string of the molecule is COCN(c1cncc(Cl)c1)S(=O)(=O)c1cc(C(F)(F)F)c(Cl)c(C(F)(F)F)c1. The van der Waals surface area contributed by atoms with E-state index in [0.29, 0.717) is 4.31 Å². The molecule has 0 fully saturated rings. The van der Waals surface area contributed by atoms with Crippen molar-refractivity contribution in [1.29, 1.82) is 0 Å². The van der Waals surface area contributed by atoms with Crippen molar-refractivity contribution >= 4 is 38.9 Å². The van der Waals surface area contributed by atoms with E-state index in [9.17, 15) is 34.8 Å². The molecule has 0 atom stereocenters. The van der Waals surface area contributed by atoms with Gasteiger partial charge in [-0.1, -0.05) is 23.2 Å². The van der Waals surface area contributed by atoms with Crippen molar-refractivity contribution in [2.24, 2.45) is 0 Å². The first-order chi connectivity index (χ1) is 13.2. The first-order valence-electron chi connectivity index (χ1n) is 7.29. The Labute approximate surface area is 170 Å². The molecule has 2 aromatic rings. The number of alkyl halides is 6. The van der Waals surface area contributed by atoms with Gasteiger partial charge in [-0.3, -0.25) is 4.98 Å². The summed E-state index contributed by atoms with van der Waals surface area (Å²) in [6, 6.07) is 1.14. The van der Waals surface area contributed by atoms with Gasteiger partial charge in [0.25, 0.3) is 10.0 Å². The minimum atomic E-state index is -5.34. The zero-order valence-electron chi connectivity index (χ0n) is 14.1. The van der Waals surface area contributed by atoms with Crippen LogP contribution < -0.4 is 4.31 Å². The fraction of sp³-hybridized carbons (Fsp3) is 0.267. The van der Waals surface area contributed by atoms with Gasteiger partial charge in [-0.15, -0.1) is 0 Å². The number of rotatable bonds is 5. The highest BCUT2D eigenvalue weighted by atomic mass is 35.5. The van der Waals surface area contributed by atoms with Gasteiger partial charge in [-0.05, 0) is 18.2 Å². The van der Waals surface area contributed by atoms with Gasteiger partial charge in [0, 0.05) is 13.3 Å². The van der Waals surface area contributed by atoms with Crippen LogP contribution in [0, 0.1) is 0 Å². The number of anilines is 1. The lowest BCUT2D eigenvalue weighted by Gasteiger charge is -2.25. The number of aromatic nitrogens is 1. The number of nitrogens with zero attached hydrogens (tertiary/aromatic N) is 2. The number of ether oxygens (including phenoxy) is 1. The molecule has 0 saturated carbocycles. The molecule has 1 aromatic carbocycles. The molecular weight excluding hydrogens is 473 g/mol. The number of halogens is 8. The Morgan fingerprint density at radius 1 is 1.00 bits per heavy atom. The maximum atomic E-state index is 13.2. The molecular formula is C15H10Cl2F6N2O3S. The fourth-order valence-corrected chi connectivity index (χ4v) is 4.12. The van der Waals surface area contributed by atoms with Crippen molar-refractivity contribution in [2.45, 2.75) is 17.2 Å². The smallest absolute Gasteiger partial charge is 0.363 e. The van der Waals surface area contributed by atoms with Crippen molar-refractivity contribution < 1.29 is 39.5 Å². The highest BCUT2D eigenvalue weighted by molar-refractivity contribution is 7.92. The lowest BCUT2D eigenvalue weighted by molar-refractivity contribution is -0.143. The van der Waals surface area contributed by atoms with E-state index in [2.05, 4.69) is 4.98 Å². The van der Waals surface area contributed by atoms with Crippen LogP contribution in [-0.2, 0) is 27.1 Å². The molecule has 160 valence electrons. The predicted octanol–water partition coefficient (Wildman–Crippen LogP) is 5.23. The lowest BCUT2D eigenvalue weighted by atomic mass is 10.1. The summed E-state index contributed by atoms with van der Waals surface area (Å²) in [6.07, 6.45) is -8.54. The van der Waals surface area contributed by atoms with E-state index in [0.717, 1.165) is 25.6 Å². The molecule has 0 aliphatic carbocycles. The fourth-order valence-electron chi connectivity index (χ4n) is 2.22.